The van der Waals surface area contributed by atoms with Gasteiger partial charge in [-0.1, -0.05) is 18.2 Å². The van der Waals surface area contributed by atoms with Crippen molar-refractivity contribution in [1.29, 1.82) is 0 Å². The second-order valence-corrected chi connectivity index (χ2v) is 6.13. The van der Waals surface area contributed by atoms with Gasteiger partial charge >= 0.3 is 5.97 Å². The number of non-ortho nitro benzene ring substituents is 1. The number of fused-ring (bicyclic) bond motifs is 3. The summed E-state index contributed by atoms with van der Waals surface area (Å²) in [7, 11) is 0. The Morgan fingerprint density at radius 3 is 2.41 bits per heavy atom. The van der Waals surface area contributed by atoms with Crippen LogP contribution in [0, 0.1) is 10.1 Å². The SMILES string of the molecule is CCn1c2ccccc2c2cc(C(=O)Oc3ccc([N+](=O)[O-])cc3)ccc21. The molecule has 0 radical (unpaired) electrons. The Hall–Kier alpha value is -3.67. The molecule has 0 atom stereocenters. The maximum Gasteiger partial charge on any atom is 0.343 e. The third kappa shape index (κ3) is 2.91. The van der Waals surface area contributed by atoms with Crippen LogP contribution in [0.5, 0.6) is 5.75 Å². The molecule has 0 N–H and O–H groups in total. The van der Waals surface area contributed by atoms with Crippen LogP contribution in [0.1, 0.15) is 17.3 Å². The van der Waals surface area contributed by atoms with E-state index in [2.05, 4.69) is 17.6 Å². The lowest BCUT2D eigenvalue weighted by molar-refractivity contribution is -0.384. The van der Waals surface area contributed by atoms with E-state index in [1.165, 1.54) is 24.3 Å². The molecule has 6 heteroatoms. The summed E-state index contributed by atoms with van der Waals surface area (Å²) in [6.45, 7) is 2.92. The Morgan fingerprint density at radius 1 is 1.00 bits per heavy atom. The molecule has 0 unspecified atom stereocenters. The van der Waals surface area contributed by atoms with Gasteiger partial charge in [-0.15, -0.1) is 0 Å². The molecule has 6 nitrogen and oxygen atoms in total. The third-order valence-corrected chi connectivity index (χ3v) is 4.58. The summed E-state index contributed by atoms with van der Waals surface area (Å²) in [5, 5.41) is 12.8. The Bertz CT molecular complexity index is 1180. The van der Waals surface area contributed by atoms with Crippen molar-refractivity contribution in [2.45, 2.75) is 13.5 Å². The van der Waals surface area contributed by atoms with E-state index in [0.29, 0.717) is 5.56 Å². The number of hydrogen-bond acceptors (Lipinski definition) is 4. The number of carbonyl (C=O) groups is 1. The van der Waals surface area contributed by atoms with Crippen molar-refractivity contribution in [3.05, 3.63) is 82.4 Å². The summed E-state index contributed by atoms with van der Waals surface area (Å²) < 4.78 is 7.57. The van der Waals surface area contributed by atoms with Crippen molar-refractivity contribution < 1.29 is 14.5 Å². The number of nitro groups is 1. The van der Waals surface area contributed by atoms with Gasteiger partial charge in [0.05, 0.1) is 10.5 Å². The highest BCUT2D eigenvalue weighted by Gasteiger charge is 2.14. The summed E-state index contributed by atoms with van der Waals surface area (Å²) in [6.07, 6.45) is 0. The smallest absolute Gasteiger partial charge is 0.343 e. The molecule has 0 saturated carbocycles. The molecule has 0 aliphatic heterocycles. The number of aromatic nitrogens is 1. The Morgan fingerprint density at radius 2 is 1.70 bits per heavy atom. The van der Waals surface area contributed by atoms with Gasteiger partial charge in [0, 0.05) is 40.5 Å². The number of rotatable bonds is 4. The minimum Gasteiger partial charge on any atom is -0.423 e. The van der Waals surface area contributed by atoms with E-state index >= 15 is 0 Å². The molecule has 0 aliphatic rings. The molecule has 4 rings (SSSR count). The average Bonchev–Trinajstić information content (AvgIpc) is 3.01. The highest BCUT2D eigenvalue weighted by atomic mass is 16.6. The topological polar surface area (TPSA) is 74.4 Å². The van der Waals surface area contributed by atoms with Crippen molar-refractivity contribution in [1.82, 2.24) is 4.57 Å². The Balaban J connectivity index is 1.70. The van der Waals surface area contributed by atoms with Crippen LogP contribution in [0.25, 0.3) is 21.8 Å². The van der Waals surface area contributed by atoms with Crippen LogP contribution in [0.15, 0.2) is 66.7 Å². The van der Waals surface area contributed by atoms with E-state index in [1.54, 1.807) is 6.07 Å². The molecule has 0 aliphatic carbocycles. The first-order valence-corrected chi connectivity index (χ1v) is 8.56. The molecule has 1 aromatic heterocycles. The number of esters is 1. The van der Waals surface area contributed by atoms with Crippen molar-refractivity contribution in [2.75, 3.05) is 0 Å². The van der Waals surface area contributed by atoms with E-state index in [4.69, 9.17) is 4.74 Å². The van der Waals surface area contributed by atoms with Crippen molar-refractivity contribution >= 4 is 33.5 Å². The van der Waals surface area contributed by atoms with Crippen LogP contribution in [0.2, 0.25) is 0 Å². The molecule has 4 aromatic rings. The van der Waals surface area contributed by atoms with E-state index in [1.807, 2.05) is 30.3 Å². The number of nitro benzene ring substituents is 1. The van der Waals surface area contributed by atoms with Gasteiger partial charge < -0.3 is 9.30 Å². The average molecular weight is 360 g/mol. The summed E-state index contributed by atoms with van der Waals surface area (Å²) in [6, 6.07) is 19.0. The maximum atomic E-state index is 12.5. The number of carbonyl (C=O) groups excluding carboxylic acids is 1. The lowest BCUT2D eigenvalue weighted by Crippen LogP contribution is -2.08. The first-order chi connectivity index (χ1) is 13.1. The zero-order chi connectivity index (χ0) is 19.0. The van der Waals surface area contributed by atoms with Crippen molar-refractivity contribution in [2.24, 2.45) is 0 Å². The monoisotopic (exact) mass is 360 g/mol. The first kappa shape index (κ1) is 16.8. The van der Waals surface area contributed by atoms with Crippen LogP contribution in [0.3, 0.4) is 0 Å². The minimum absolute atomic E-state index is 0.0522. The highest BCUT2D eigenvalue weighted by Crippen LogP contribution is 2.30. The van der Waals surface area contributed by atoms with Crippen LogP contribution in [0.4, 0.5) is 5.69 Å². The number of nitrogens with zero attached hydrogens (tertiary/aromatic N) is 2. The van der Waals surface area contributed by atoms with Crippen molar-refractivity contribution in [3.8, 4) is 5.75 Å². The van der Waals surface area contributed by atoms with Gasteiger partial charge in [-0.2, -0.15) is 0 Å². The summed E-state index contributed by atoms with van der Waals surface area (Å²) in [4.78, 5) is 22.7. The molecule has 0 fully saturated rings. The number of aryl methyl sites for hydroxylation is 1. The van der Waals surface area contributed by atoms with Gasteiger partial charge in [-0.25, -0.2) is 4.79 Å². The Kier molecular flexibility index (Phi) is 4.08. The molecule has 0 spiro atoms. The fourth-order valence-electron chi connectivity index (χ4n) is 3.32. The van der Waals surface area contributed by atoms with Crippen LogP contribution < -0.4 is 4.74 Å². The number of hydrogen-bond donors (Lipinski definition) is 0. The molecule has 0 saturated heterocycles. The van der Waals surface area contributed by atoms with Gasteiger partial charge in [0.25, 0.3) is 5.69 Å². The minimum atomic E-state index is -0.501. The van der Waals surface area contributed by atoms with Crippen LogP contribution >= 0.6 is 0 Å². The van der Waals surface area contributed by atoms with E-state index in [9.17, 15) is 14.9 Å². The summed E-state index contributed by atoms with van der Waals surface area (Å²) in [5.74, 6) is -0.235. The van der Waals surface area contributed by atoms with E-state index in [0.717, 1.165) is 28.4 Å². The number of benzene rings is 3. The predicted molar refractivity (Wildman–Crippen MR) is 103 cm³/mol. The fraction of sp³-hybridized carbons (Fsp3) is 0.0952. The van der Waals surface area contributed by atoms with Crippen molar-refractivity contribution in [3.63, 3.8) is 0 Å². The molecule has 0 bridgehead atoms. The molecule has 3 aromatic carbocycles. The van der Waals surface area contributed by atoms with Gasteiger partial charge in [0.2, 0.25) is 0 Å². The van der Waals surface area contributed by atoms with E-state index in [-0.39, 0.29) is 11.4 Å². The van der Waals surface area contributed by atoms with Gasteiger partial charge in [-0.3, -0.25) is 10.1 Å². The molecule has 0 amide bonds. The summed E-state index contributed by atoms with van der Waals surface area (Å²) in [5.41, 5.74) is 2.56. The third-order valence-electron chi connectivity index (χ3n) is 4.58. The molecule has 134 valence electrons. The number of ether oxygens (including phenoxy) is 1. The largest absolute Gasteiger partial charge is 0.423 e. The standard InChI is InChI=1S/C21H16N2O4/c1-2-22-19-6-4-3-5-17(19)18-13-14(7-12-20(18)22)21(24)27-16-10-8-15(9-11-16)23(25)26/h3-13H,2H2,1H3. The fourth-order valence-corrected chi connectivity index (χ4v) is 3.32. The molecule has 1 heterocycles. The quantitative estimate of drug-likeness (QED) is 0.223. The van der Waals surface area contributed by atoms with Crippen LogP contribution in [-0.2, 0) is 6.54 Å². The number of para-hydroxylation sites is 1. The second kappa shape index (κ2) is 6.57. The normalized spacial score (nSPS) is 11.0. The lowest BCUT2D eigenvalue weighted by Gasteiger charge is -2.05. The van der Waals surface area contributed by atoms with Crippen LogP contribution in [-0.4, -0.2) is 15.5 Å². The second-order valence-electron chi connectivity index (χ2n) is 6.13. The van der Waals surface area contributed by atoms with Gasteiger partial charge in [0.15, 0.2) is 0 Å². The summed E-state index contributed by atoms with van der Waals surface area (Å²) >= 11 is 0. The van der Waals surface area contributed by atoms with E-state index < -0.39 is 10.9 Å². The molecule has 27 heavy (non-hydrogen) atoms. The zero-order valence-corrected chi connectivity index (χ0v) is 14.6. The molecular formula is C21H16N2O4. The Labute approximate surface area is 154 Å². The zero-order valence-electron chi connectivity index (χ0n) is 14.6. The maximum absolute atomic E-state index is 12.5. The highest BCUT2D eigenvalue weighted by molar-refractivity contribution is 6.10. The lowest BCUT2D eigenvalue weighted by atomic mass is 10.1. The first-order valence-electron chi connectivity index (χ1n) is 8.56. The van der Waals surface area contributed by atoms with Gasteiger partial charge in [0.1, 0.15) is 5.75 Å². The predicted octanol–water partition coefficient (Wildman–Crippen LogP) is 4.94. The van der Waals surface area contributed by atoms with Gasteiger partial charge in [-0.05, 0) is 43.3 Å². The molecular weight excluding hydrogens is 344 g/mol.